The molecule has 0 bridgehead atoms. The normalized spacial score (nSPS) is 12.1. The van der Waals surface area contributed by atoms with Gasteiger partial charge < -0.3 is 20.4 Å². The molecule has 16 nitrogen and oxygen atoms in total. The Labute approximate surface area is 247 Å². The Kier molecular flexibility index (Phi) is 8.54. The number of hydrogen-bond donors (Lipinski definition) is 6. The summed E-state index contributed by atoms with van der Waals surface area (Å²) in [5, 5.41) is 52.8. The van der Waals surface area contributed by atoms with E-state index in [2.05, 4.69) is 20.5 Å². The van der Waals surface area contributed by atoms with Gasteiger partial charge in [0, 0.05) is 23.3 Å². The van der Waals surface area contributed by atoms with E-state index in [0.29, 0.717) is 0 Å². The molecule has 0 aliphatic rings. The minimum atomic E-state index is -5.03. The van der Waals surface area contributed by atoms with Crippen LogP contribution in [0.2, 0.25) is 0 Å². The average molecular weight is 643 g/mol. The molecule has 0 saturated carbocycles. The molecule has 4 aromatic carbocycles. The van der Waals surface area contributed by atoms with Crippen LogP contribution in [0.3, 0.4) is 0 Å². The third-order valence-corrected chi connectivity index (χ3v) is 7.55. The lowest BCUT2D eigenvalue weighted by molar-refractivity contribution is 0.0682. The molecule has 0 aromatic heterocycles. The topological polar surface area (TPSA) is 273 Å². The average Bonchev–Trinajstić information content (AvgIpc) is 2.93. The molecule has 0 fully saturated rings. The van der Waals surface area contributed by atoms with Crippen LogP contribution in [0.25, 0.3) is 11.1 Å². The lowest BCUT2D eigenvalue weighted by atomic mass is 10.0. The highest BCUT2D eigenvalue weighted by Crippen LogP contribution is 2.37. The number of carbonyl (C=O) groups is 2. The molecule has 0 amide bonds. The summed E-state index contributed by atoms with van der Waals surface area (Å²) >= 11 is 0. The van der Waals surface area contributed by atoms with Crippen LogP contribution in [-0.2, 0) is 20.2 Å². The number of benzene rings is 4. The fourth-order valence-corrected chi connectivity index (χ4v) is 5.23. The summed E-state index contributed by atoms with van der Waals surface area (Å²) in [5.74, 6) is -3.96. The lowest BCUT2D eigenvalue weighted by Crippen LogP contribution is -2.05. The van der Waals surface area contributed by atoms with Gasteiger partial charge in [-0.15, -0.1) is 0 Å². The highest BCUT2D eigenvalue weighted by molar-refractivity contribution is 7.86. The van der Waals surface area contributed by atoms with Crippen molar-refractivity contribution in [2.24, 2.45) is 20.5 Å². The van der Waals surface area contributed by atoms with E-state index < -0.39 is 64.6 Å². The summed E-state index contributed by atoms with van der Waals surface area (Å²) in [7, 11) is -10.1. The number of hydrogen-bond acceptors (Lipinski definition) is 12. The van der Waals surface area contributed by atoms with Gasteiger partial charge in [-0.2, -0.15) is 37.3 Å². The molecule has 0 aliphatic carbocycles. The molecular weight excluding hydrogens is 624 g/mol. The predicted octanol–water partition coefficient (Wildman–Crippen LogP) is 5.49. The first-order valence-electron chi connectivity index (χ1n) is 11.7. The van der Waals surface area contributed by atoms with Crippen LogP contribution in [0.15, 0.2) is 103 Å². The zero-order valence-electron chi connectivity index (χ0n) is 21.7. The first-order chi connectivity index (χ1) is 20.5. The molecule has 44 heavy (non-hydrogen) atoms. The van der Waals surface area contributed by atoms with Gasteiger partial charge in [-0.3, -0.25) is 9.11 Å². The largest absolute Gasteiger partial charge is 0.507 e. The zero-order valence-corrected chi connectivity index (χ0v) is 23.3. The van der Waals surface area contributed by atoms with Crippen LogP contribution in [0.4, 0.5) is 22.7 Å². The van der Waals surface area contributed by atoms with Crippen molar-refractivity contribution < 1.29 is 56.0 Å². The number of azo groups is 2. The minimum absolute atomic E-state index is 0.00330. The van der Waals surface area contributed by atoms with E-state index in [1.165, 1.54) is 24.3 Å². The van der Waals surface area contributed by atoms with Crippen molar-refractivity contribution >= 4 is 54.9 Å². The van der Waals surface area contributed by atoms with Gasteiger partial charge in [0.05, 0.1) is 22.7 Å². The van der Waals surface area contributed by atoms with Crippen LogP contribution in [0.5, 0.6) is 11.5 Å². The molecule has 18 heteroatoms. The number of phenols is 2. The first kappa shape index (κ1) is 31.4. The number of nitrogens with zero attached hydrogens (tertiary/aromatic N) is 4. The molecule has 0 heterocycles. The Morgan fingerprint density at radius 1 is 0.500 bits per heavy atom. The summed E-state index contributed by atoms with van der Waals surface area (Å²) < 4.78 is 68.9. The summed E-state index contributed by atoms with van der Waals surface area (Å²) in [4.78, 5) is 20.5. The van der Waals surface area contributed by atoms with Crippen LogP contribution < -0.4 is 0 Å². The van der Waals surface area contributed by atoms with Crippen molar-refractivity contribution in [3.63, 3.8) is 0 Å². The Balaban J connectivity index is 1.74. The van der Waals surface area contributed by atoms with Crippen molar-refractivity contribution in [1.82, 2.24) is 0 Å². The quantitative estimate of drug-likeness (QED) is 0.0977. The maximum absolute atomic E-state index is 12.3. The molecular formula is C26H18N4O12S2. The Morgan fingerprint density at radius 3 is 1.07 bits per heavy atom. The molecule has 4 rings (SSSR count). The van der Waals surface area contributed by atoms with Gasteiger partial charge in [0.15, 0.2) is 0 Å². The second-order valence-corrected chi connectivity index (χ2v) is 11.5. The summed E-state index contributed by atoms with van der Waals surface area (Å²) in [6, 6.07) is 12.8. The van der Waals surface area contributed by atoms with Crippen molar-refractivity contribution in [2.75, 3.05) is 0 Å². The highest BCUT2D eigenvalue weighted by Gasteiger charge is 2.24. The van der Waals surface area contributed by atoms with E-state index in [1.54, 1.807) is 0 Å². The van der Waals surface area contributed by atoms with Gasteiger partial charge in [0.2, 0.25) is 0 Å². The van der Waals surface area contributed by atoms with Crippen LogP contribution >= 0.6 is 0 Å². The number of carboxylic acids is 2. The standard InChI is InChI=1S/C26H18N4O12S2/c31-21-9-13(3-7-19(21)25(33)34)27-29-15-1-5-17(23(11-15)43(37,38)39)18-6-2-16(12-24(18)44(40,41)42)30-28-14-4-8-20(26(35)36)22(32)10-14/h1-12,31-32H,(H,33,34)(H,35,36)(H,37,38,39)(H,40,41,42). The highest BCUT2D eigenvalue weighted by atomic mass is 32.2. The molecule has 226 valence electrons. The second kappa shape index (κ2) is 12.0. The molecule has 0 aliphatic heterocycles. The molecule has 0 unspecified atom stereocenters. The number of carboxylic acid groups (broad SMARTS) is 2. The van der Waals surface area contributed by atoms with Crippen LogP contribution in [0, 0.1) is 0 Å². The molecule has 6 N–H and O–H groups in total. The van der Waals surface area contributed by atoms with E-state index in [0.717, 1.165) is 48.5 Å². The Bertz CT molecular complexity index is 1960. The first-order valence-corrected chi connectivity index (χ1v) is 14.6. The van der Waals surface area contributed by atoms with Gasteiger partial charge >= 0.3 is 11.9 Å². The minimum Gasteiger partial charge on any atom is -0.507 e. The molecule has 0 spiro atoms. The van der Waals surface area contributed by atoms with Crippen molar-refractivity contribution in [1.29, 1.82) is 0 Å². The fourth-order valence-electron chi connectivity index (χ4n) is 3.78. The fraction of sp³-hybridized carbons (Fsp3) is 0. The van der Waals surface area contributed by atoms with Crippen molar-refractivity contribution in [3.05, 3.63) is 83.9 Å². The summed E-state index contributed by atoms with van der Waals surface area (Å²) in [6.45, 7) is 0. The van der Waals surface area contributed by atoms with Gasteiger partial charge in [-0.05, 0) is 48.5 Å². The van der Waals surface area contributed by atoms with Gasteiger partial charge in [-0.1, -0.05) is 12.1 Å². The number of aromatic carboxylic acids is 2. The monoisotopic (exact) mass is 642 g/mol. The lowest BCUT2D eigenvalue weighted by Gasteiger charge is -2.12. The van der Waals surface area contributed by atoms with E-state index in [1.807, 2.05) is 0 Å². The molecule has 0 radical (unpaired) electrons. The van der Waals surface area contributed by atoms with Gasteiger partial charge in [0.1, 0.15) is 32.4 Å². The van der Waals surface area contributed by atoms with Gasteiger partial charge in [0.25, 0.3) is 20.2 Å². The Hall–Kier alpha value is -5.56. The predicted molar refractivity (Wildman–Crippen MR) is 150 cm³/mol. The molecule has 0 atom stereocenters. The second-order valence-electron chi connectivity index (χ2n) is 8.72. The third kappa shape index (κ3) is 7.07. The zero-order chi connectivity index (χ0) is 32.4. The molecule has 0 saturated heterocycles. The summed E-state index contributed by atoms with van der Waals surface area (Å²) in [5.41, 5.74) is -1.82. The maximum atomic E-state index is 12.3. The van der Waals surface area contributed by atoms with Crippen LogP contribution in [0.1, 0.15) is 20.7 Å². The van der Waals surface area contributed by atoms with E-state index in [-0.39, 0.29) is 33.9 Å². The number of aromatic hydroxyl groups is 2. The molecule has 4 aromatic rings. The Morgan fingerprint density at radius 2 is 0.795 bits per heavy atom. The van der Waals surface area contributed by atoms with Gasteiger partial charge in [-0.25, -0.2) is 9.59 Å². The maximum Gasteiger partial charge on any atom is 0.339 e. The summed E-state index contributed by atoms with van der Waals surface area (Å²) in [6.07, 6.45) is 0. The number of rotatable bonds is 9. The SMILES string of the molecule is O=C(O)c1ccc(N=Nc2ccc(-c3ccc(N=Nc4ccc(C(=O)O)c(O)c4)cc3S(=O)(=O)O)c(S(=O)(=O)O)c2)cc1O. The van der Waals surface area contributed by atoms with E-state index in [4.69, 9.17) is 10.2 Å². The smallest absolute Gasteiger partial charge is 0.339 e. The third-order valence-electron chi connectivity index (χ3n) is 5.76. The van der Waals surface area contributed by atoms with Crippen molar-refractivity contribution in [2.45, 2.75) is 9.79 Å². The van der Waals surface area contributed by atoms with E-state index >= 15 is 0 Å². The van der Waals surface area contributed by atoms with Crippen LogP contribution in [-0.4, -0.2) is 58.3 Å². The van der Waals surface area contributed by atoms with Crippen molar-refractivity contribution in [3.8, 4) is 22.6 Å². The van der Waals surface area contributed by atoms with E-state index in [9.17, 15) is 45.7 Å².